The van der Waals surface area contributed by atoms with Crippen LogP contribution in [0, 0.1) is 0 Å². The molecule has 5 atom stereocenters. The van der Waals surface area contributed by atoms with E-state index in [0.717, 1.165) is 5.56 Å². The molecule has 6 nitrogen and oxygen atoms in total. The monoisotopic (exact) mass is 299 g/mol. The van der Waals surface area contributed by atoms with Gasteiger partial charge in [0, 0.05) is 12.1 Å². The first-order chi connectivity index (χ1) is 10.0. The Morgan fingerprint density at radius 2 is 1.48 bits per heavy atom. The number of nitrogen functional groups attached to an aromatic ring is 1. The second-order valence-electron chi connectivity index (χ2n) is 4.81. The van der Waals surface area contributed by atoms with E-state index in [9.17, 15) is 15.3 Å². The van der Waals surface area contributed by atoms with E-state index in [4.69, 9.17) is 15.6 Å². The first-order valence-corrected chi connectivity index (χ1v) is 7.18. The largest absolute Gasteiger partial charge is 0.399 e. The van der Waals surface area contributed by atoms with Crippen LogP contribution in [0.2, 0.25) is 0 Å². The standard InChI is InChI=1S/C13H19NO5.C2H6/c14-8-3-1-7(2-4-8)5-9-11(16)13(18)12(17)10(6-15)19-9;1-2/h1-4,9-13,15-18H,5-6,14H2;1-2H3/t9-,10?,11?,12-,13?;/m1./s1. The molecular formula is C15H25NO5. The summed E-state index contributed by atoms with van der Waals surface area (Å²) in [6, 6.07) is 7.08. The van der Waals surface area contributed by atoms with Crippen LogP contribution in [-0.2, 0) is 11.2 Å². The summed E-state index contributed by atoms with van der Waals surface area (Å²) in [5, 5.41) is 38.3. The zero-order valence-electron chi connectivity index (χ0n) is 12.4. The number of hydrogen-bond acceptors (Lipinski definition) is 6. The van der Waals surface area contributed by atoms with E-state index < -0.39 is 37.1 Å². The van der Waals surface area contributed by atoms with E-state index in [-0.39, 0.29) is 0 Å². The maximum atomic E-state index is 9.90. The van der Waals surface area contributed by atoms with Gasteiger partial charge >= 0.3 is 0 Å². The fraction of sp³-hybridized carbons (Fsp3) is 0.600. The van der Waals surface area contributed by atoms with Crippen molar-refractivity contribution in [2.24, 2.45) is 0 Å². The SMILES string of the molecule is CC.Nc1ccc(C[C@H]2OC(CO)[C@@H](O)C(O)C2O)cc1. The van der Waals surface area contributed by atoms with Crippen molar-refractivity contribution in [2.45, 2.75) is 50.8 Å². The van der Waals surface area contributed by atoms with Crippen molar-refractivity contribution >= 4 is 5.69 Å². The minimum atomic E-state index is -1.33. The summed E-state index contributed by atoms with van der Waals surface area (Å²) in [6.45, 7) is 3.59. The molecule has 0 radical (unpaired) electrons. The van der Waals surface area contributed by atoms with E-state index in [1.165, 1.54) is 0 Å². The number of hydrogen-bond donors (Lipinski definition) is 5. The highest BCUT2D eigenvalue weighted by Crippen LogP contribution is 2.24. The first kappa shape index (κ1) is 17.9. The van der Waals surface area contributed by atoms with Gasteiger partial charge in [-0.1, -0.05) is 26.0 Å². The third kappa shape index (κ3) is 4.39. The molecule has 6 heteroatoms. The van der Waals surface area contributed by atoms with Crippen LogP contribution in [-0.4, -0.2) is 57.6 Å². The molecule has 6 N–H and O–H groups in total. The minimum absolute atomic E-state index is 0.363. The highest BCUT2D eigenvalue weighted by atomic mass is 16.5. The van der Waals surface area contributed by atoms with Crippen molar-refractivity contribution in [3.63, 3.8) is 0 Å². The average molecular weight is 299 g/mol. The quantitative estimate of drug-likeness (QED) is 0.489. The van der Waals surface area contributed by atoms with Gasteiger partial charge in [0.2, 0.25) is 0 Å². The van der Waals surface area contributed by atoms with Crippen LogP contribution < -0.4 is 5.73 Å². The Bertz CT molecular complexity index is 409. The van der Waals surface area contributed by atoms with Crippen molar-refractivity contribution in [2.75, 3.05) is 12.3 Å². The summed E-state index contributed by atoms with van der Waals surface area (Å²) in [5.74, 6) is 0. The smallest absolute Gasteiger partial charge is 0.111 e. The van der Waals surface area contributed by atoms with E-state index in [1.807, 2.05) is 13.8 Å². The van der Waals surface area contributed by atoms with Crippen LogP contribution in [0.15, 0.2) is 24.3 Å². The van der Waals surface area contributed by atoms with E-state index in [1.54, 1.807) is 24.3 Å². The third-order valence-corrected chi connectivity index (χ3v) is 3.41. The lowest BCUT2D eigenvalue weighted by Gasteiger charge is -2.40. The minimum Gasteiger partial charge on any atom is -0.399 e. The Balaban J connectivity index is 0.00000106. The van der Waals surface area contributed by atoms with Gasteiger partial charge in [-0.05, 0) is 17.7 Å². The molecule has 1 aromatic rings. The van der Waals surface area contributed by atoms with Gasteiger partial charge in [0.15, 0.2) is 0 Å². The molecule has 21 heavy (non-hydrogen) atoms. The lowest BCUT2D eigenvalue weighted by Crippen LogP contribution is -2.58. The molecular weight excluding hydrogens is 274 g/mol. The van der Waals surface area contributed by atoms with Gasteiger partial charge in [0.25, 0.3) is 0 Å². The normalized spacial score (nSPS) is 32.2. The molecule has 0 amide bonds. The zero-order chi connectivity index (χ0) is 16.0. The van der Waals surface area contributed by atoms with Gasteiger partial charge < -0.3 is 30.9 Å². The number of ether oxygens (including phenoxy) is 1. The molecule has 0 bridgehead atoms. The highest BCUT2D eigenvalue weighted by Gasteiger charge is 2.43. The van der Waals surface area contributed by atoms with Crippen molar-refractivity contribution in [1.29, 1.82) is 0 Å². The Labute approximate surface area is 124 Å². The molecule has 1 aliphatic heterocycles. The van der Waals surface area contributed by atoms with Crippen LogP contribution in [0.5, 0.6) is 0 Å². The highest BCUT2D eigenvalue weighted by molar-refractivity contribution is 5.39. The Hall–Kier alpha value is -1.18. The van der Waals surface area contributed by atoms with Gasteiger partial charge in [-0.15, -0.1) is 0 Å². The number of nitrogens with two attached hydrogens (primary N) is 1. The average Bonchev–Trinajstić information content (AvgIpc) is 2.52. The molecule has 1 heterocycles. The van der Waals surface area contributed by atoms with Gasteiger partial charge in [0.1, 0.15) is 24.4 Å². The van der Waals surface area contributed by atoms with E-state index >= 15 is 0 Å². The molecule has 1 aliphatic rings. The van der Waals surface area contributed by atoms with E-state index in [2.05, 4.69) is 0 Å². The summed E-state index contributed by atoms with van der Waals surface area (Å²) < 4.78 is 5.42. The molecule has 0 spiro atoms. The second-order valence-corrected chi connectivity index (χ2v) is 4.81. The number of anilines is 1. The van der Waals surface area contributed by atoms with Crippen LogP contribution in [0.4, 0.5) is 5.69 Å². The third-order valence-electron chi connectivity index (χ3n) is 3.41. The van der Waals surface area contributed by atoms with Crippen molar-refractivity contribution in [1.82, 2.24) is 0 Å². The van der Waals surface area contributed by atoms with Gasteiger partial charge in [0.05, 0.1) is 12.7 Å². The predicted octanol–water partition coefficient (Wildman–Crippen LogP) is -0.320. The maximum absolute atomic E-state index is 9.90. The van der Waals surface area contributed by atoms with Crippen LogP contribution in [0.25, 0.3) is 0 Å². The van der Waals surface area contributed by atoms with Crippen LogP contribution in [0.1, 0.15) is 19.4 Å². The number of rotatable bonds is 3. The molecule has 1 fully saturated rings. The number of aliphatic hydroxyl groups excluding tert-OH is 4. The van der Waals surface area contributed by atoms with Gasteiger partial charge in [-0.2, -0.15) is 0 Å². The van der Waals surface area contributed by atoms with Crippen LogP contribution >= 0.6 is 0 Å². The molecule has 3 unspecified atom stereocenters. The molecule has 1 saturated heterocycles. The lowest BCUT2D eigenvalue weighted by atomic mass is 9.91. The van der Waals surface area contributed by atoms with Gasteiger partial charge in [-0.25, -0.2) is 0 Å². The topological polar surface area (TPSA) is 116 Å². The molecule has 2 rings (SSSR count). The number of benzene rings is 1. The molecule has 0 saturated carbocycles. The van der Waals surface area contributed by atoms with E-state index in [0.29, 0.717) is 12.1 Å². The van der Waals surface area contributed by atoms with Gasteiger partial charge in [-0.3, -0.25) is 0 Å². The molecule has 1 aromatic carbocycles. The number of aliphatic hydroxyl groups is 4. The fourth-order valence-electron chi connectivity index (χ4n) is 2.23. The summed E-state index contributed by atoms with van der Waals surface area (Å²) in [5.41, 5.74) is 7.11. The van der Waals surface area contributed by atoms with Crippen molar-refractivity contribution < 1.29 is 25.2 Å². The second kappa shape index (κ2) is 8.31. The summed E-state index contributed by atoms with van der Waals surface area (Å²) in [7, 11) is 0. The Morgan fingerprint density at radius 1 is 0.952 bits per heavy atom. The summed E-state index contributed by atoms with van der Waals surface area (Å²) >= 11 is 0. The van der Waals surface area contributed by atoms with Crippen molar-refractivity contribution in [3.05, 3.63) is 29.8 Å². The fourth-order valence-corrected chi connectivity index (χ4v) is 2.23. The first-order valence-electron chi connectivity index (χ1n) is 7.18. The molecule has 0 aromatic heterocycles. The Morgan fingerprint density at radius 3 is 2.00 bits per heavy atom. The van der Waals surface area contributed by atoms with Crippen LogP contribution in [0.3, 0.4) is 0 Å². The molecule has 120 valence electrons. The summed E-state index contributed by atoms with van der Waals surface area (Å²) in [4.78, 5) is 0. The summed E-state index contributed by atoms with van der Waals surface area (Å²) in [6.07, 6.45) is -5.03. The Kier molecular flexibility index (Phi) is 7.07. The maximum Gasteiger partial charge on any atom is 0.111 e. The predicted molar refractivity (Wildman–Crippen MR) is 79.7 cm³/mol. The molecule has 0 aliphatic carbocycles. The lowest BCUT2D eigenvalue weighted by molar-refractivity contribution is -0.228. The van der Waals surface area contributed by atoms with Crippen molar-refractivity contribution in [3.8, 4) is 0 Å². The zero-order valence-corrected chi connectivity index (χ0v) is 12.4.